The number of benzene rings is 1. The summed E-state index contributed by atoms with van der Waals surface area (Å²) in [7, 11) is -2.13. The topological polar surface area (TPSA) is 77.8 Å². The summed E-state index contributed by atoms with van der Waals surface area (Å²) in [5.74, 6) is 1.62. The standard InChI is InChI=1S/C17H23NO5S/c1-13(2)12-23-14-6-8-15(9-7-14)24(19,20)18-11-17(21-3)16-5-4-10-22-16/h4-10,13,17-18H,11-12H2,1-3H3. The second-order valence-corrected chi connectivity index (χ2v) is 7.53. The highest BCUT2D eigenvalue weighted by Gasteiger charge is 2.19. The predicted octanol–water partition coefficient (Wildman–Crippen LogP) is 2.98. The van der Waals surface area contributed by atoms with Crippen molar-refractivity contribution in [3.8, 4) is 5.75 Å². The number of sulfonamides is 1. The van der Waals surface area contributed by atoms with Gasteiger partial charge in [-0.1, -0.05) is 13.8 Å². The maximum atomic E-state index is 12.4. The fourth-order valence-electron chi connectivity index (χ4n) is 2.02. The molecule has 0 amide bonds. The lowest BCUT2D eigenvalue weighted by Crippen LogP contribution is -2.29. The maximum absolute atomic E-state index is 12.4. The van der Waals surface area contributed by atoms with Crippen molar-refractivity contribution < 1.29 is 22.3 Å². The van der Waals surface area contributed by atoms with Gasteiger partial charge in [-0.15, -0.1) is 0 Å². The molecule has 2 rings (SSSR count). The summed E-state index contributed by atoms with van der Waals surface area (Å²) in [6, 6.07) is 9.81. The van der Waals surface area contributed by atoms with Crippen LogP contribution in [0.2, 0.25) is 0 Å². The van der Waals surface area contributed by atoms with E-state index in [1.165, 1.54) is 25.5 Å². The Balaban J connectivity index is 1.99. The van der Waals surface area contributed by atoms with Crippen molar-refractivity contribution >= 4 is 10.0 Å². The molecule has 0 fully saturated rings. The van der Waals surface area contributed by atoms with Gasteiger partial charge in [0.25, 0.3) is 0 Å². The second-order valence-electron chi connectivity index (χ2n) is 5.77. The van der Waals surface area contributed by atoms with Gasteiger partial charge in [-0.25, -0.2) is 13.1 Å². The number of nitrogens with one attached hydrogen (secondary N) is 1. The van der Waals surface area contributed by atoms with E-state index in [0.29, 0.717) is 24.0 Å². The Morgan fingerprint density at radius 2 is 1.88 bits per heavy atom. The van der Waals surface area contributed by atoms with Gasteiger partial charge in [0.2, 0.25) is 10.0 Å². The molecule has 0 spiro atoms. The quantitative estimate of drug-likeness (QED) is 0.750. The van der Waals surface area contributed by atoms with Crippen molar-refractivity contribution in [2.75, 3.05) is 20.3 Å². The van der Waals surface area contributed by atoms with Crippen LogP contribution in [0.15, 0.2) is 52.0 Å². The maximum Gasteiger partial charge on any atom is 0.240 e. The van der Waals surface area contributed by atoms with Crippen LogP contribution in [0.25, 0.3) is 0 Å². The third kappa shape index (κ3) is 5.09. The summed E-state index contributed by atoms with van der Waals surface area (Å²) in [5, 5.41) is 0. The first-order chi connectivity index (χ1) is 11.4. The number of hydrogen-bond donors (Lipinski definition) is 1. The van der Waals surface area contributed by atoms with Crippen LogP contribution < -0.4 is 9.46 Å². The van der Waals surface area contributed by atoms with Gasteiger partial charge in [-0.2, -0.15) is 0 Å². The molecule has 1 heterocycles. The van der Waals surface area contributed by atoms with Crippen LogP contribution in [0.5, 0.6) is 5.75 Å². The molecule has 6 nitrogen and oxygen atoms in total. The Hall–Kier alpha value is -1.83. The lowest BCUT2D eigenvalue weighted by molar-refractivity contribution is 0.0878. The zero-order valence-corrected chi connectivity index (χ0v) is 14.9. The summed E-state index contributed by atoms with van der Waals surface area (Å²) in [6.07, 6.45) is 1.04. The molecule has 0 radical (unpaired) electrons. The summed E-state index contributed by atoms with van der Waals surface area (Å²) in [6.45, 7) is 4.77. The van der Waals surface area contributed by atoms with E-state index in [4.69, 9.17) is 13.9 Å². The van der Waals surface area contributed by atoms with Crippen LogP contribution >= 0.6 is 0 Å². The van der Waals surface area contributed by atoms with Crippen LogP contribution in [0.4, 0.5) is 0 Å². The Kier molecular flexibility index (Phi) is 6.42. The van der Waals surface area contributed by atoms with E-state index < -0.39 is 16.1 Å². The van der Waals surface area contributed by atoms with Crippen molar-refractivity contribution in [3.05, 3.63) is 48.4 Å². The lowest BCUT2D eigenvalue weighted by Gasteiger charge is -2.14. The number of ether oxygens (including phenoxy) is 2. The smallest absolute Gasteiger partial charge is 0.240 e. The van der Waals surface area contributed by atoms with Crippen molar-refractivity contribution in [1.82, 2.24) is 4.72 Å². The number of furan rings is 1. The Morgan fingerprint density at radius 1 is 1.17 bits per heavy atom. The average Bonchev–Trinajstić information content (AvgIpc) is 3.08. The van der Waals surface area contributed by atoms with Gasteiger partial charge in [0.05, 0.1) is 17.8 Å². The molecule has 7 heteroatoms. The number of hydrogen-bond acceptors (Lipinski definition) is 5. The first kappa shape index (κ1) is 18.5. The van der Waals surface area contributed by atoms with Crippen LogP contribution in [-0.2, 0) is 14.8 Å². The molecule has 0 bridgehead atoms. The van der Waals surface area contributed by atoms with Gasteiger partial charge >= 0.3 is 0 Å². The van der Waals surface area contributed by atoms with Crippen molar-refractivity contribution in [2.45, 2.75) is 24.8 Å². The minimum Gasteiger partial charge on any atom is -0.493 e. The molecule has 2 aromatic rings. The molecule has 0 aliphatic carbocycles. The van der Waals surface area contributed by atoms with E-state index in [0.717, 1.165) is 0 Å². The fourth-order valence-corrected chi connectivity index (χ4v) is 3.05. The van der Waals surface area contributed by atoms with Gasteiger partial charge in [0.15, 0.2) is 0 Å². The SMILES string of the molecule is COC(CNS(=O)(=O)c1ccc(OCC(C)C)cc1)c1ccco1. The normalized spacial score (nSPS) is 13.2. The van der Waals surface area contributed by atoms with Crippen LogP contribution in [0.3, 0.4) is 0 Å². The minimum absolute atomic E-state index is 0.0813. The molecule has 0 saturated heterocycles. The third-order valence-corrected chi connectivity index (χ3v) is 4.76. The summed E-state index contributed by atoms with van der Waals surface area (Å²) < 4.78 is 43.3. The van der Waals surface area contributed by atoms with Crippen LogP contribution in [-0.4, -0.2) is 28.7 Å². The molecule has 1 unspecified atom stereocenters. The first-order valence-corrected chi connectivity index (χ1v) is 9.19. The van der Waals surface area contributed by atoms with Gasteiger partial charge in [-0.3, -0.25) is 0 Å². The Bertz CT molecular complexity index is 708. The zero-order valence-electron chi connectivity index (χ0n) is 14.1. The highest BCUT2D eigenvalue weighted by Crippen LogP contribution is 2.19. The van der Waals surface area contributed by atoms with E-state index in [-0.39, 0.29) is 11.4 Å². The largest absolute Gasteiger partial charge is 0.493 e. The summed E-state index contributed by atoms with van der Waals surface area (Å²) >= 11 is 0. The van der Waals surface area contributed by atoms with Gasteiger partial charge in [0.1, 0.15) is 17.6 Å². The summed E-state index contributed by atoms with van der Waals surface area (Å²) in [4.78, 5) is 0.175. The van der Waals surface area contributed by atoms with E-state index in [1.54, 1.807) is 24.3 Å². The molecule has 24 heavy (non-hydrogen) atoms. The molecule has 0 aliphatic heterocycles. The van der Waals surface area contributed by atoms with E-state index in [9.17, 15) is 8.42 Å². The first-order valence-electron chi connectivity index (χ1n) is 7.71. The molecular formula is C17H23NO5S. The molecule has 0 aliphatic rings. The van der Waals surface area contributed by atoms with E-state index in [2.05, 4.69) is 4.72 Å². The Labute approximate surface area is 142 Å². The molecular weight excluding hydrogens is 330 g/mol. The third-order valence-electron chi connectivity index (χ3n) is 3.32. The number of rotatable bonds is 9. The fraction of sp³-hybridized carbons (Fsp3) is 0.412. The molecule has 132 valence electrons. The van der Waals surface area contributed by atoms with Crippen molar-refractivity contribution in [2.24, 2.45) is 5.92 Å². The molecule has 1 N–H and O–H groups in total. The monoisotopic (exact) mass is 353 g/mol. The lowest BCUT2D eigenvalue weighted by atomic mass is 10.2. The van der Waals surface area contributed by atoms with Gasteiger partial charge in [0, 0.05) is 13.7 Å². The minimum atomic E-state index is -3.63. The Morgan fingerprint density at radius 3 is 2.42 bits per heavy atom. The summed E-state index contributed by atoms with van der Waals surface area (Å²) in [5.41, 5.74) is 0. The highest BCUT2D eigenvalue weighted by atomic mass is 32.2. The number of methoxy groups -OCH3 is 1. The molecule has 1 atom stereocenters. The zero-order chi connectivity index (χ0) is 17.6. The van der Waals surface area contributed by atoms with Gasteiger partial charge < -0.3 is 13.9 Å². The van der Waals surface area contributed by atoms with Crippen molar-refractivity contribution in [1.29, 1.82) is 0 Å². The van der Waals surface area contributed by atoms with Crippen LogP contribution in [0.1, 0.15) is 25.7 Å². The predicted molar refractivity (Wildman–Crippen MR) is 90.4 cm³/mol. The van der Waals surface area contributed by atoms with Gasteiger partial charge in [-0.05, 0) is 42.3 Å². The molecule has 1 aromatic carbocycles. The second kappa shape index (κ2) is 8.32. The van der Waals surface area contributed by atoms with E-state index in [1.807, 2.05) is 13.8 Å². The highest BCUT2D eigenvalue weighted by molar-refractivity contribution is 7.89. The van der Waals surface area contributed by atoms with Crippen LogP contribution in [0, 0.1) is 5.92 Å². The van der Waals surface area contributed by atoms with Crippen molar-refractivity contribution in [3.63, 3.8) is 0 Å². The average molecular weight is 353 g/mol. The molecule has 0 saturated carbocycles. The molecule has 1 aromatic heterocycles. The van der Waals surface area contributed by atoms with E-state index >= 15 is 0 Å².